The summed E-state index contributed by atoms with van der Waals surface area (Å²) in [5.41, 5.74) is 0. The molecule has 5 heteroatoms. The highest BCUT2D eigenvalue weighted by atomic mass is 32.2. The number of rotatable bonds is 6. The molecule has 1 aromatic heterocycles. The molecule has 0 saturated heterocycles. The van der Waals surface area contributed by atoms with Gasteiger partial charge in [0.1, 0.15) is 5.75 Å². The quantitative estimate of drug-likeness (QED) is 0.705. The Hall–Kier alpha value is -1.01. The van der Waals surface area contributed by atoms with Crippen LogP contribution in [0.5, 0.6) is 5.75 Å². The van der Waals surface area contributed by atoms with Crippen LogP contribution in [0.3, 0.4) is 0 Å². The number of hydrogen-bond donors (Lipinski definition) is 1. The average Bonchev–Trinajstić information content (AvgIpc) is 3.03. The highest BCUT2D eigenvalue weighted by molar-refractivity contribution is 8.01. The van der Waals surface area contributed by atoms with Gasteiger partial charge >= 0.3 is 0 Å². The SMILES string of the molecule is COc1ccc(Sc2ccc(CN(O)C3CCCCC3)s2)cc1. The monoisotopic (exact) mass is 349 g/mol. The van der Waals surface area contributed by atoms with Gasteiger partial charge in [0, 0.05) is 15.8 Å². The van der Waals surface area contributed by atoms with Gasteiger partial charge in [-0.15, -0.1) is 11.3 Å². The molecule has 2 aromatic rings. The highest BCUT2D eigenvalue weighted by Crippen LogP contribution is 2.35. The van der Waals surface area contributed by atoms with Crippen LogP contribution >= 0.6 is 23.1 Å². The molecule has 0 amide bonds. The minimum Gasteiger partial charge on any atom is -0.497 e. The van der Waals surface area contributed by atoms with Crippen molar-refractivity contribution in [3.8, 4) is 5.75 Å². The Morgan fingerprint density at radius 3 is 2.57 bits per heavy atom. The van der Waals surface area contributed by atoms with Crippen molar-refractivity contribution in [3.05, 3.63) is 41.3 Å². The molecular weight excluding hydrogens is 326 g/mol. The zero-order valence-electron chi connectivity index (χ0n) is 13.4. The van der Waals surface area contributed by atoms with Gasteiger partial charge in [-0.05, 0) is 49.2 Å². The maximum atomic E-state index is 10.3. The maximum absolute atomic E-state index is 10.3. The van der Waals surface area contributed by atoms with Crippen LogP contribution in [0.25, 0.3) is 0 Å². The molecule has 1 saturated carbocycles. The van der Waals surface area contributed by atoms with Crippen molar-refractivity contribution in [1.82, 2.24) is 5.06 Å². The number of hydroxylamine groups is 2. The summed E-state index contributed by atoms with van der Waals surface area (Å²) in [6.07, 6.45) is 6.03. The minimum absolute atomic E-state index is 0.337. The van der Waals surface area contributed by atoms with E-state index in [9.17, 15) is 5.21 Å². The minimum atomic E-state index is 0.337. The molecule has 1 aromatic carbocycles. The van der Waals surface area contributed by atoms with E-state index in [-0.39, 0.29) is 0 Å². The molecule has 0 unspecified atom stereocenters. The van der Waals surface area contributed by atoms with Crippen molar-refractivity contribution in [2.24, 2.45) is 0 Å². The molecule has 23 heavy (non-hydrogen) atoms. The summed E-state index contributed by atoms with van der Waals surface area (Å²) in [5, 5.41) is 11.9. The summed E-state index contributed by atoms with van der Waals surface area (Å²) in [5.74, 6) is 0.879. The van der Waals surface area contributed by atoms with Crippen molar-refractivity contribution in [3.63, 3.8) is 0 Å². The Bertz CT molecular complexity index is 606. The van der Waals surface area contributed by atoms with E-state index in [0.29, 0.717) is 12.6 Å². The Kier molecular flexibility index (Phi) is 6.00. The third-order valence-electron chi connectivity index (χ3n) is 4.23. The predicted molar refractivity (Wildman–Crippen MR) is 95.6 cm³/mol. The Morgan fingerprint density at radius 1 is 1.13 bits per heavy atom. The first-order valence-corrected chi connectivity index (χ1v) is 9.74. The molecule has 1 fully saturated rings. The van der Waals surface area contributed by atoms with Gasteiger partial charge in [-0.2, -0.15) is 5.06 Å². The van der Waals surface area contributed by atoms with Gasteiger partial charge < -0.3 is 9.94 Å². The van der Waals surface area contributed by atoms with Crippen LogP contribution in [0.4, 0.5) is 0 Å². The predicted octanol–water partition coefficient (Wildman–Crippen LogP) is 5.43. The molecular formula is C18H23NO2S2. The van der Waals surface area contributed by atoms with Crippen LogP contribution in [0, 0.1) is 0 Å². The number of methoxy groups -OCH3 is 1. The third kappa shape index (κ3) is 4.73. The fourth-order valence-electron chi connectivity index (χ4n) is 2.93. The largest absolute Gasteiger partial charge is 0.497 e. The normalized spacial score (nSPS) is 16.0. The van der Waals surface area contributed by atoms with E-state index in [2.05, 4.69) is 24.3 Å². The van der Waals surface area contributed by atoms with Crippen LogP contribution in [0.15, 0.2) is 45.5 Å². The van der Waals surface area contributed by atoms with Crippen molar-refractivity contribution in [1.29, 1.82) is 0 Å². The van der Waals surface area contributed by atoms with Crippen LogP contribution in [0.2, 0.25) is 0 Å². The van der Waals surface area contributed by atoms with Gasteiger partial charge in [-0.25, -0.2) is 0 Å². The first-order chi connectivity index (χ1) is 11.2. The van der Waals surface area contributed by atoms with Crippen LogP contribution in [0.1, 0.15) is 37.0 Å². The first-order valence-electron chi connectivity index (χ1n) is 8.11. The molecule has 1 aliphatic rings. The van der Waals surface area contributed by atoms with Crippen LogP contribution in [-0.4, -0.2) is 23.4 Å². The van der Waals surface area contributed by atoms with E-state index in [1.165, 1.54) is 33.2 Å². The first kappa shape index (κ1) is 16.8. The van der Waals surface area contributed by atoms with E-state index >= 15 is 0 Å². The molecule has 3 rings (SSSR count). The van der Waals surface area contributed by atoms with Crippen molar-refractivity contribution in [2.75, 3.05) is 7.11 Å². The van der Waals surface area contributed by atoms with Gasteiger partial charge in [0.15, 0.2) is 0 Å². The van der Waals surface area contributed by atoms with Crippen LogP contribution < -0.4 is 4.74 Å². The number of nitrogens with zero attached hydrogens (tertiary/aromatic N) is 1. The van der Waals surface area contributed by atoms with Crippen molar-refractivity contribution < 1.29 is 9.94 Å². The number of ether oxygens (including phenoxy) is 1. The van der Waals surface area contributed by atoms with Gasteiger partial charge in [0.05, 0.1) is 17.9 Å². The molecule has 0 atom stereocenters. The van der Waals surface area contributed by atoms with E-state index in [1.807, 2.05) is 12.1 Å². The summed E-state index contributed by atoms with van der Waals surface area (Å²) in [7, 11) is 1.68. The lowest BCUT2D eigenvalue weighted by atomic mass is 9.95. The molecule has 0 aliphatic heterocycles. The number of benzene rings is 1. The molecule has 3 nitrogen and oxygen atoms in total. The molecule has 0 radical (unpaired) electrons. The Labute approximate surface area is 146 Å². The third-order valence-corrected chi connectivity index (χ3v) is 6.44. The summed E-state index contributed by atoms with van der Waals surface area (Å²) < 4.78 is 6.44. The van der Waals surface area contributed by atoms with E-state index < -0.39 is 0 Å². The maximum Gasteiger partial charge on any atom is 0.118 e. The van der Waals surface area contributed by atoms with Crippen LogP contribution in [-0.2, 0) is 6.54 Å². The molecule has 0 spiro atoms. The lowest BCUT2D eigenvalue weighted by Gasteiger charge is -2.28. The van der Waals surface area contributed by atoms with Gasteiger partial charge in [-0.1, -0.05) is 31.0 Å². The number of hydrogen-bond acceptors (Lipinski definition) is 5. The van der Waals surface area contributed by atoms with E-state index in [4.69, 9.17) is 4.74 Å². The van der Waals surface area contributed by atoms with Crippen molar-refractivity contribution >= 4 is 23.1 Å². The average molecular weight is 350 g/mol. The van der Waals surface area contributed by atoms with E-state index in [0.717, 1.165) is 18.6 Å². The topological polar surface area (TPSA) is 32.7 Å². The zero-order valence-corrected chi connectivity index (χ0v) is 15.0. The second-order valence-corrected chi connectivity index (χ2v) is 8.43. The molecule has 0 bridgehead atoms. The fourth-order valence-corrected chi connectivity index (χ4v) is 5.07. The van der Waals surface area contributed by atoms with Gasteiger partial charge in [0.2, 0.25) is 0 Å². The number of thiophene rings is 1. The molecule has 1 N–H and O–H groups in total. The summed E-state index contributed by atoms with van der Waals surface area (Å²) in [4.78, 5) is 2.42. The summed E-state index contributed by atoms with van der Waals surface area (Å²) in [6, 6.07) is 12.7. The second-order valence-electron chi connectivity index (χ2n) is 5.89. The molecule has 124 valence electrons. The lowest BCUT2D eigenvalue weighted by molar-refractivity contribution is -0.142. The smallest absolute Gasteiger partial charge is 0.118 e. The standard InChI is InChI=1S/C18H23NO2S2/c1-21-15-7-9-16(10-8-15)22-18-12-11-17(23-18)13-19(20)14-5-3-2-4-6-14/h7-12,14,20H,2-6,13H2,1H3. The second kappa shape index (κ2) is 8.20. The Balaban J connectivity index is 1.56. The van der Waals surface area contributed by atoms with Crippen molar-refractivity contribution in [2.45, 2.75) is 53.8 Å². The zero-order chi connectivity index (χ0) is 16.1. The Morgan fingerprint density at radius 2 is 1.87 bits per heavy atom. The fraction of sp³-hybridized carbons (Fsp3) is 0.444. The molecule has 1 heterocycles. The lowest BCUT2D eigenvalue weighted by Crippen LogP contribution is -2.33. The molecule has 1 aliphatic carbocycles. The summed E-state index contributed by atoms with van der Waals surface area (Å²) in [6.45, 7) is 0.637. The highest BCUT2D eigenvalue weighted by Gasteiger charge is 2.20. The van der Waals surface area contributed by atoms with Gasteiger partial charge in [-0.3, -0.25) is 0 Å². The van der Waals surface area contributed by atoms with Gasteiger partial charge in [0.25, 0.3) is 0 Å². The summed E-state index contributed by atoms with van der Waals surface area (Å²) >= 11 is 3.51. The van der Waals surface area contributed by atoms with E-state index in [1.54, 1.807) is 35.3 Å².